The van der Waals surface area contributed by atoms with Crippen LogP contribution in [0.5, 0.6) is 5.75 Å². The highest BCUT2D eigenvalue weighted by Gasteiger charge is 2.40. The van der Waals surface area contributed by atoms with Crippen LogP contribution in [-0.2, 0) is 11.3 Å². The van der Waals surface area contributed by atoms with E-state index in [1.807, 2.05) is 4.90 Å². The molecule has 8 nitrogen and oxygen atoms in total. The Hall–Kier alpha value is -3.04. The maximum atomic E-state index is 15.2. The Balaban J connectivity index is 1.35. The number of carbonyl (C=O) groups excluding carboxylic acids is 2. The van der Waals surface area contributed by atoms with Gasteiger partial charge in [-0.3, -0.25) is 4.79 Å². The number of rotatable bonds is 7. The molecule has 10 heteroatoms. The predicted molar refractivity (Wildman–Crippen MR) is 132 cm³/mol. The Bertz CT molecular complexity index is 1140. The number of fused-ring (bicyclic) bond motifs is 1. The Labute approximate surface area is 213 Å². The first-order chi connectivity index (χ1) is 17.3. The van der Waals surface area contributed by atoms with Crippen molar-refractivity contribution in [1.29, 1.82) is 0 Å². The first-order valence-electron chi connectivity index (χ1n) is 12.2. The zero-order valence-corrected chi connectivity index (χ0v) is 20.7. The van der Waals surface area contributed by atoms with Crippen molar-refractivity contribution in [3.8, 4) is 5.75 Å². The molecule has 5 rings (SSSR count). The zero-order valence-electron chi connectivity index (χ0n) is 20.0. The second-order valence-electron chi connectivity index (χ2n) is 9.70. The zero-order chi connectivity index (χ0) is 25.4. The molecular weight excluding hydrogens is 489 g/mol. The van der Waals surface area contributed by atoms with E-state index in [9.17, 15) is 14.7 Å². The van der Waals surface area contributed by atoms with Crippen LogP contribution in [0.15, 0.2) is 36.4 Å². The molecule has 36 heavy (non-hydrogen) atoms. The van der Waals surface area contributed by atoms with E-state index in [1.54, 1.807) is 36.1 Å². The average molecular weight is 518 g/mol. The third-order valence-electron chi connectivity index (χ3n) is 7.19. The van der Waals surface area contributed by atoms with Crippen molar-refractivity contribution in [3.63, 3.8) is 0 Å². The third kappa shape index (κ3) is 5.08. The van der Waals surface area contributed by atoms with Crippen molar-refractivity contribution in [2.24, 2.45) is 5.92 Å². The fourth-order valence-electron chi connectivity index (χ4n) is 4.90. The fourth-order valence-corrected chi connectivity index (χ4v) is 5.03. The van der Waals surface area contributed by atoms with Crippen LogP contribution in [-0.4, -0.2) is 66.5 Å². The summed E-state index contributed by atoms with van der Waals surface area (Å²) in [6, 6.07) is 9.79. The van der Waals surface area contributed by atoms with E-state index in [0.29, 0.717) is 55.5 Å². The molecule has 2 aromatic carbocycles. The SMILES string of the molecule is CC(O)C1CN(c2cc(F)c(C(=O)NCc3ccc(Cl)cc3)cc2O[C@H]2CCN3C(=O)OC[C@@H]3C2)C1. The highest BCUT2D eigenvalue weighted by molar-refractivity contribution is 6.30. The summed E-state index contributed by atoms with van der Waals surface area (Å²) < 4.78 is 26.7. The van der Waals surface area contributed by atoms with Gasteiger partial charge in [-0.25, -0.2) is 9.18 Å². The van der Waals surface area contributed by atoms with Gasteiger partial charge in [-0.05, 0) is 30.7 Å². The summed E-state index contributed by atoms with van der Waals surface area (Å²) in [5.74, 6) is -0.682. The number of carbonyl (C=O) groups is 2. The molecule has 0 bridgehead atoms. The summed E-state index contributed by atoms with van der Waals surface area (Å²) >= 11 is 5.91. The number of hydrogen-bond donors (Lipinski definition) is 2. The van der Waals surface area contributed by atoms with Crippen LogP contribution in [0.2, 0.25) is 5.02 Å². The normalized spacial score (nSPS) is 22.5. The van der Waals surface area contributed by atoms with Gasteiger partial charge in [0.2, 0.25) is 0 Å². The van der Waals surface area contributed by atoms with Gasteiger partial charge in [0.15, 0.2) is 0 Å². The van der Waals surface area contributed by atoms with E-state index >= 15 is 4.39 Å². The van der Waals surface area contributed by atoms with Crippen LogP contribution in [0.3, 0.4) is 0 Å². The highest BCUT2D eigenvalue weighted by Crippen LogP contribution is 2.38. The van der Waals surface area contributed by atoms with Crippen molar-refractivity contribution in [2.75, 3.05) is 31.1 Å². The largest absolute Gasteiger partial charge is 0.488 e. The average Bonchev–Trinajstić information content (AvgIpc) is 3.18. The Morgan fingerprint density at radius 3 is 2.78 bits per heavy atom. The molecule has 0 saturated carbocycles. The van der Waals surface area contributed by atoms with Crippen molar-refractivity contribution in [2.45, 2.75) is 44.6 Å². The number of nitrogens with one attached hydrogen (secondary N) is 1. The number of ether oxygens (including phenoxy) is 2. The molecular formula is C26H29ClFN3O5. The van der Waals surface area contributed by atoms with E-state index in [0.717, 1.165) is 5.56 Å². The van der Waals surface area contributed by atoms with Gasteiger partial charge in [0.1, 0.15) is 24.3 Å². The van der Waals surface area contributed by atoms with Crippen LogP contribution in [0, 0.1) is 11.7 Å². The van der Waals surface area contributed by atoms with E-state index in [-0.39, 0.29) is 36.3 Å². The number of cyclic esters (lactones) is 1. The lowest BCUT2D eigenvalue weighted by Crippen LogP contribution is -2.51. The van der Waals surface area contributed by atoms with Gasteiger partial charge in [-0.1, -0.05) is 23.7 Å². The lowest BCUT2D eigenvalue weighted by Gasteiger charge is -2.43. The maximum Gasteiger partial charge on any atom is 0.410 e. The minimum atomic E-state index is -0.643. The van der Waals surface area contributed by atoms with Gasteiger partial charge in [0.25, 0.3) is 5.91 Å². The maximum absolute atomic E-state index is 15.2. The minimum absolute atomic E-state index is 0.0501. The quantitative estimate of drug-likeness (QED) is 0.583. The van der Waals surface area contributed by atoms with Crippen LogP contribution >= 0.6 is 11.6 Å². The number of amides is 2. The molecule has 0 aliphatic carbocycles. The first kappa shape index (κ1) is 24.6. The minimum Gasteiger partial charge on any atom is -0.488 e. The summed E-state index contributed by atoms with van der Waals surface area (Å²) in [6.07, 6.45) is 0.236. The van der Waals surface area contributed by atoms with Gasteiger partial charge in [-0.2, -0.15) is 0 Å². The molecule has 2 N–H and O–H groups in total. The number of benzene rings is 2. The number of anilines is 1. The summed E-state index contributed by atoms with van der Waals surface area (Å²) in [5, 5.41) is 13.2. The first-order valence-corrected chi connectivity index (χ1v) is 12.6. The van der Waals surface area contributed by atoms with Gasteiger partial charge in [-0.15, -0.1) is 0 Å². The number of nitrogens with zero attached hydrogens (tertiary/aromatic N) is 2. The fraction of sp³-hybridized carbons (Fsp3) is 0.462. The Morgan fingerprint density at radius 2 is 2.06 bits per heavy atom. The standard InChI is InChI=1S/C26H29ClFN3O5/c1-15(32)17-12-30(13-17)23-10-22(28)21(25(33)29-11-16-2-4-18(27)5-3-16)9-24(23)36-20-6-7-31-19(8-20)14-35-26(31)34/h2-5,9-10,15,17,19-20,32H,6-8,11-14H2,1H3,(H,29,33)/t15?,19-,20-/m0/s1. The molecule has 0 aromatic heterocycles. The molecule has 3 aliphatic rings. The van der Waals surface area contributed by atoms with Gasteiger partial charge >= 0.3 is 6.09 Å². The number of halogens is 2. The smallest absolute Gasteiger partial charge is 0.410 e. The topological polar surface area (TPSA) is 91.3 Å². The molecule has 3 saturated heterocycles. The number of aliphatic hydroxyl groups excluding tert-OH is 1. The lowest BCUT2D eigenvalue weighted by molar-refractivity contribution is 0.0900. The molecule has 3 fully saturated rings. The second kappa shape index (κ2) is 10.1. The molecule has 0 radical (unpaired) electrons. The summed E-state index contributed by atoms with van der Waals surface area (Å²) in [4.78, 5) is 28.4. The van der Waals surface area contributed by atoms with Gasteiger partial charge in [0, 0.05) is 56.0 Å². The van der Waals surface area contributed by atoms with Crippen molar-refractivity contribution in [3.05, 3.63) is 58.4 Å². The number of piperidine rings is 1. The summed E-state index contributed by atoms with van der Waals surface area (Å²) in [5.41, 5.74) is 1.29. The number of hydrogen-bond acceptors (Lipinski definition) is 6. The van der Waals surface area contributed by atoms with Crippen LogP contribution in [0.25, 0.3) is 0 Å². The van der Waals surface area contributed by atoms with Crippen LogP contribution < -0.4 is 15.0 Å². The highest BCUT2D eigenvalue weighted by atomic mass is 35.5. The Morgan fingerprint density at radius 1 is 1.31 bits per heavy atom. The molecule has 3 heterocycles. The predicted octanol–water partition coefficient (Wildman–Crippen LogP) is 3.59. The molecule has 192 valence electrons. The monoisotopic (exact) mass is 517 g/mol. The Kier molecular flexibility index (Phi) is 6.94. The van der Waals surface area contributed by atoms with E-state index in [4.69, 9.17) is 21.1 Å². The molecule has 2 amide bonds. The van der Waals surface area contributed by atoms with Crippen molar-refractivity contribution < 1.29 is 28.6 Å². The number of aliphatic hydroxyl groups is 1. The van der Waals surface area contributed by atoms with E-state index < -0.39 is 17.8 Å². The van der Waals surface area contributed by atoms with Gasteiger partial charge < -0.3 is 29.7 Å². The molecule has 3 aliphatic heterocycles. The third-order valence-corrected chi connectivity index (χ3v) is 7.44. The van der Waals surface area contributed by atoms with Crippen molar-refractivity contribution >= 4 is 29.3 Å². The molecule has 0 spiro atoms. The van der Waals surface area contributed by atoms with Crippen molar-refractivity contribution in [1.82, 2.24) is 10.2 Å². The van der Waals surface area contributed by atoms with Gasteiger partial charge in [0.05, 0.1) is 23.4 Å². The summed E-state index contributed by atoms with van der Waals surface area (Å²) in [7, 11) is 0. The second-order valence-corrected chi connectivity index (χ2v) is 10.1. The molecule has 1 unspecified atom stereocenters. The summed E-state index contributed by atoms with van der Waals surface area (Å²) in [6.45, 7) is 3.96. The van der Waals surface area contributed by atoms with E-state index in [2.05, 4.69) is 5.32 Å². The van der Waals surface area contributed by atoms with E-state index in [1.165, 1.54) is 12.1 Å². The van der Waals surface area contributed by atoms with Crippen LogP contribution in [0.4, 0.5) is 14.9 Å². The molecule has 2 aromatic rings. The lowest BCUT2D eigenvalue weighted by atomic mass is 9.93. The van der Waals surface area contributed by atoms with Crippen LogP contribution in [0.1, 0.15) is 35.7 Å². The molecule has 3 atom stereocenters.